The van der Waals surface area contributed by atoms with Crippen molar-refractivity contribution in [3.8, 4) is 0 Å². The summed E-state index contributed by atoms with van der Waals surface area (Å²) in [7, 11) is -2.50. The fourth-order valence-corrected chi connectivity index (χ4v) is 6.91. The Balaban J connectivity index is 2.08. The van der Waals surface area contributed by atoms with Crippen molar-refractivity contribution in [2.45, 2.75) is 42.7 Å². The molecule has 0 radical (unpaired) electrons. The van der Waals surface area contributed by atoms with E-state index in [0.717, 1.165) is 12.7 Å². The van der Waals surface area contributed by atoms with Gasteiger partial charge in [-0.2, -0.15) is 4.31 Å². The molecule has 2 aliphatic rings. The van der Waals surface area contributed by atoms with Crippen molar-refractivity contribution < 1.29 is 22.7 Å². The van der Waals surface area contributed by atoms with Gasteiger partial charge in [0.2, 0.25) is 15.9 Å². The summed E-state index contributed by atoms with van der Waals surface area (Å²) in [4.78, 5) is 26.2. The van der Waals surface area contributed by atoms with Gasteiger partial charge < -0.3 is 14.4 Å². The number of ether oxygens (including phenoxy) is 1. The monoisotopic (exact) mass is 462 g/mol. The van der Waals surface area contributed by atoms with Gasteiger partial charge in [0.15, 0.2) is 0 Å². The van der Waals surface area contributed by atoms with E-state index in [1.165, 1.54) is 22.5 Å². The summed E-state index contributed by atoms with van der Waals surface area (Å²) in [6.45, 7) is 1.02. The predicted octanol–water partition coefficient (Wildman–Crippen LogP) is 2.60. The molecule has 0 N–H and O–H groups in total. The van der Waals surface area contributed by atoms with Crippen LogP contribution in [0.2, 0.25) is 10.0 Å². The molecule has 2 aliphatic heterocycles. The highest BCUT2D eigenvalue weighted by molar-refractivity contribution is 7.89. The summed E-state index contributed by atoms with van der Waals surface area (Å²) >= 11 is 12.1. The number of carbonyl (C=O) groups excluding carboxylic acids is 2. The Bertz CT molecular complexity index is 859. The summed E-state index contributed by atoms with van der Waals surface area (Å²) < 4.78 is 33.6. The first-order valence-corrected chi connectivity index (χ1v) is 11.7. The van der Waals surface area contributed by atoms with Crippen LogP contribution in [0, 0.1) is 5.92 Å². The number of hydrogen-bond donors (Lipinski definition) is 0. The third-order valence-electron chi connectivity index (χ3n) is 5.58. The molecule has 0 spiro atoms. The van der Waals surface area contributed by atoms with E-state index in [0.29, 0.717) is 32.5 Å². The molecule has 1 aromatic carbocycles. The van der Waals surface area contributed by atoms with Crippen LogP contribution in [0.4, 0.5) is 0 Å². The molecular formula is C19H24Cl2N2O5S. The molecule has 1 aromatic rings. The number of fused-ring (bicyclic) bond motifs is 2. The van der Waals surface area contributed by atoms with E-state index in [9.17, 15) is 18.0 Å². The van der Waals surface area contributed by atoms with Crippen molar-refractivity contribution in [2.75, 3.05) is 26.8 Å². The molecule has 0 aromatic heterocycles. The minimum absolute atomic E-state index is 0.0464. The van der Waals surface area contributed by atoms with Gasteiger partial charge in [0.25, 0.3) is 0 Å². The Labute approximate surface area is 180 Å². The van der Waals surface area contributed by atoms with Crippen molar-refractivity contribution in [2.24, 2.45) is 5.92 Å². The normalized spacial score (nSPS) is 25.7. The van der Waals surface area contributed by atoms with Crippen LogP contribution in [0.15, 0.2) is 23.1 Å². The van der Waals surface area contributed by atoms with Crippen molar-refractivity contribution >= 4 is 45.4 Å². The number of halogens is 2. The quantitative estimate of drug-likeness (QED) is 0.581. The Kier molecular flexibility index (Phi) is 7.22. The second-order valence-electron chi connectivity index (χ2n) is 7.39. The molecule has 2 heterocycles. The molecule has 2 fully saturated rings. The van der Waals surface area contributed by atoms with Gasteiger partial charge in [-0.05, 0) is 43.4 Å². The van der Waals surface area contributed by atoms with Gasteiger partial charge in [0, 0.05) is 42.7 Å². The first-order valence-electron chi connectivity index (χ1n) is 9.50. The van der Waals surface area contributed by atoms with E-state index in [2.05, 4.69) is 0 Å². The smallest absolute Gasteiger partial charge is 0.244 e. The van der Waals surface area contributed by atoms with Crippen LogP contribution in [0.25, 0.3) is 0 Å². The standard InChI is InChI=1S/C19H24Cl2N2O5S/c1-28-8-6-22-12-13(5-7-24)17-3-2-4-18(19(22)25)23(17)29(26,27)16-10-14(20)9-15(21)11-16/h7,9-11,13,17-18H,2-6,8,12H2,1H3. The predicted molar refractivity (Wildman–Crippen MR) is 110 cm³/mol. The van der Waals surface area contributed by atoms with Crippen LogP contribution < -0.4 is 0 Å². The van der Waals surface area contributed by atoms with Crippen LogP contribution in [-0.2, 0) is 24.3 Å². The van der Waals surface area contributed by atoms with Gasteiger partial charge >= 0.3 is 0 Å². The molecule has 160 valence electrons. The Morgan fingerprint density at radius 3 is 2.52 bits per heavy atom. The Hall–Kier alpha value is -1.19. The molecule has 3 atom stereocenters. The van der Waals surface area contributed by atoms with Crippen LogP contribution in [0.5, 0.6) is 0 Å². The van der Waals surface area contributed by atoms with E-state index in [-0.39, 0.29) is 33.2 Å². The highest BCUT2D eigenvalue weighted by atomic mass is 35.5. The van der Waals surface area contributed by atoms with Gasteiger partial charge in [-0.25, -0.2) is 8.42 Å². The van der Waals surface area contributed by atoms with E-state index >= 15 is 0 Å². The van der Waals surface area contributed by atoms with Crippen molar-refractivity contribution in [3.63, 3.8) is 0 Å². The second kappa shape index (κ2) is 9.31. The lowest BCUT2D eigenvalue weighted by molar-refractivity contribution is -0.135. The zero-order chi connectivity index (χ0) is 21.2. The molecule has 3 unspecified atom stereocenters. The van der Waals surface area contributed by atoms with E-state index < -0.39 is 22.1 Å². The number of hydrogen-bond acceptors (Lipinski definition) is 5. The molecular weight excluding hydrogens is 439 g/mol. The van der Waals surface area contributed by atoms with Crippen molar-refractivity contribution in [3.05, 3.63) is 28.2 Å². The number of aldehydes is 1. The summed E-state index contributed by atoms with van der Waals surface area (Å²) in [6.07, 6.45) is 2.71. The number of piperidine rings is 1. The number of amides is 1. The maximum Gasteiger partial charge on any atom is 0.244 e. The zero-order valence-electron chi connectivity index (χ0n) is 16.1. The summed E-state index contributed by atoms with van der Waals surface area (Å²) in [5.41, 5.74) is 0. The summed E-state index contributed by atoms with van der Waals surface area (Å²) in [5, 5.41) is 0.405. The van der Waals surface area contributed by atoms with Gasteiger partial charge in [-0.1, -0.05) is 23.2 Å². The summed E-state index contributed by atoms with van der Waals surface area (Å²) in [6, 6.07) is 2.87. The fraction of sp³-hybridized carbons (Fsp3) is 0.579. The van der Waals surface area contributed by atoms with Gasteiger partial charge in [-0.15, -0.1) is 0 Å². The van der Waals surface area contributed by atoms with Gasteiger partial charge in [-0.3, -0.25) is 4.79 Å². The highest BCUT2D eigenvalue weighted by Crippen LogP contribution is 2.38. The second-order valence-corrected chi connectivity index (χ2v) is 10.1. The van der Waals surface area contributed by atoms with Crippen LogP contribution in [0.3, 0.4) is 0 Å². The minimum atomic E-state index is -4.05. The zero-order valence-corrected chi connectivity index (χ0v) is 18.4. The van der Waals surface area contributed by atoms with E-state index in [4.69, 9.17) is 27.9 Å². The minimum Gasteiger partial charge on any atom is -0.383 e. The average Bonchev–Trinajstić information content (AvgIpc) is 2.74. The Morgan fingerprint density at radius 2 is 1.90 bits per heavy atom. The SMILES string of the molecule is COCCN1CC(CC=O)C2CCCC(C1=O)N2S(=O)(=O)c1cc(Cl)cc(Cl)c1. The topological polar surface area (TPSA) is 84.0 Å². The summed E-state index contributed by atoms with van der Waals surface area (Å²) in [5.74, 6) is -0.542. The maximum absolute atomic E-state index is 13.6. The molecule has 29 heavy (non-hydrogen) atoms. The Morgan fingerprint density at radius 1 is 1.21 bits per heavy atom. The number of benzene rings is 1. The highest BCUT2D eigenvalue weighted by Gasteiger charge is 2.49. The maximum atomic E-state index is 13.6. The fourth-order valence-electron chi connectivity index (χ4n) is 4.29. The molecule has 1 amide bonds. The lowest BCUT2D eigenvalue weighted by Crippen LogP contribution is -2.54. The van der Waals surface area contributed by atoms with Crippen molar-refractivity contribution in [1.82, 2.24) is 9.21 Å². The van der Waals surface area contributed by atoms with Crippen LogP contribution in [0.1, 0.15) is 25.7 Å². The number of methoxy groups -OCH3 is 1. The van der Waals surface area contributed by atoms with Gasteiger partial charge in [0.05, 0.1) is 11.5 Å². The molecule has 0 aliphatic carbocycles. The third kappa shape index (κ3) is 4.61. The number of rotatable bonds is 7. The van der Waals surface area contributed by atoms with Crippen molar-refractivity contribution in [1.29, 1.82) is 0 Å². The molecule has 3 rings (SSSR count). The molecule has 7 nitrogen and oxygen atoms in total. The van der Waals surface area contributed by atoms with Crippen LogP contribution in [-0.4, -0.2) is 68.7 Å². The first-order chi connectivity index (χ1) is 13.8. The number of carbonyl (C=O) groups is 2. The van der Waals surface area contributed by atoms with Gasteiger partial charge in [0.1, 0.15) is 12.3 Å². The van der Waals surface area contributed by atoms with E-state index in [1.807, 2.05) is 0 Å². The first kappa shape index (κ1) is 22.5. The lowest BCUT2D eigenvalue weighted by Gasteiger charge is -2.40. The number of sulfonamides is 1. The lowest BCUT2D eigenvalue weighted by atomic mass is 9.89. The number of nitrogens with zero attached hydrogens (tertiary/aromatic N) is 2. The molecule has 2 bridgehead atoms. The molecule has 2 saturated heterocycles. The van der Waals surface area contributed by atoms with Crippen LogP contribution >= 0.6 is 23.2 Å². The molecule has 0 saturated carbocycles. The largest absolute Gasteiger partial charge is 0.383 e. The third-order valence-corrected chi connectivity index (χ3v) is 7.93. The van der Waals surface area contributed by atoms with E-state index in [1.54, 1.807) is 12.0 Å². The average molecular weight is 463 g/mol. The molecule has 10 heteroatoms.